The van der Waals surface area contributed by atoms with Crippen LogP contribution in [0.1, 0.15) is 30.0 Å². The van der Waals surface area contributed by atoms with Gasteiger partial charge in [-0.1, -0.05) is 42.5 Å². The molecule has 1 aliphatic heterocycles. The van der Waals surface area contributed by atoms with E-state index >= 15 is 0 Å². The lowest BCUT2D eigenvalue weighted by Gasteiger charge is -2.25. The minimum absolute atomic E-state index is 0.00212. The van der Waals surface area contributed by atoms with Gasteiger partial charge in [0, 0.05) is 17.0 Å². The molecule has 1 aliphatic rings. The number of aromatic hydroxyl groups is 1. The molecule has 3 aromatic carbocycles. The minimum Gasteiger partial charge on any atom is -0.508 e. The van der Waals surface area contributed by atoms with Crippen LogP contribution in [-0.2, 0) is 6.42 Å². The Morgan fingerprint density at radius 2 is 1.53 bits per heavy atom. The van der Waals surface area contributed by atoms with Crippen molar-refractivity contribution in [1.29, 1.82) is 0 Å². The molecule has 3 aromatic rings. The zero-order valence-electron chi connectivity index (χ0n) is 17.7. The number of allylic oxidation sites excluding steroid dienone is 1. The van der Waals surface area contributed by atoms with Crippen molar-refractivity contribution in [2.75, 3.05) is 19.4 Å². The molecule has 1 unspecified atom stereocenters. The maximum absolute atomic E-state index is 9.76. The van der Waals surface area contributed by atoms with Crippen molar-refractivity contribution < 1.29 is 9.84 Å². The van der Waals surface area contributed by atoms with Gasteiger partial charge in [-0.2, -0.15) is 0 Å². The first-order valence-electron chi connectivity index (χ1n) is 10.3. The SMILES string of the molecule is CC(Oc1ccc(C(=C2CCc3ccccc3N2)c2ccc(O)cc2)cc1)N(C)C. The molecule has 4 rings (SSSR count). The molecule has 0 aliphatic carbocycles. The number of phenolic OH excluding ortho intramolecular Hbond substituents is 1. The molecule has 4 nitrogen and oxygen atoms in total. The van der Waals surface area contributed by atoms with Crippen molar-refractivity contribution in [3.8, 4) is 11.5 Å². The van der Waals surface area contributed by atoms with E-state index in [4.69, 9.17) is 4.74 Å². The molecule has 154 valence electrons. The van der Waals surface area contributed by atoms with Gasteiger partial charge in [-0.3, -0.25) is 4.90 Å². The molecule has 0 fully saturated rings. The standard InChI is InChI=1S/C26H28N2O2/c1-18(28(2)3)30-23-15-10-21(11-16-23)26(20-8-13-22(29)14-9-20)25-17-12-19-6-4-5-7-24(19)27-25/h4-11,13-16,18,27,29H,12,17H2,1-3H3. The first-order valence-corrected chi connectivity index (χ1v) is 10.3. The maximum atomic E-state index is 9.76. The summed E-state index contributed by atoms with van der Waals surface area (Å²) in [6.07, 6.45) is 1.94. The largest absolute Gasteiger partial charge is 0.508 e. The molecule has 2 N–H and O–H groups in total. The number of hydrogen-bond acceptors (Lipinski definition) is 4. The number of rotatable bonds is 5. The third-order valence-electron chi connectivity index (χ3n) is 5.58. The van der Waals surface area contributed by atoms with Crippen LogP contribution in [-0.4, -0.2) is 30.3 Å². The molecule has 0 amide bonds. The zero-order chi connectivity index (χ0) is 21.1. The molecular weight excluding hydrogens is 372 g/mol. The van der Waals surface area contributed by atoms with Gasteiger partial charge in [0.2, 0.25) is 0 Å². The minimum atomic E-state index is 0.00212. The molecule has 4 heteroatoms. The molecule has 1 atom stereocenters. The van der Waals surface area contributed by atoms with Crippen molar-refractivity contribution in [2.45, 2.75) is 26.0 Å². The van der Waals surface area contributed by atoms with Crippen LogP contribution in [0.25, 0.3) is 5.57 Å². The van der Waals surface area contributed by atoms with Gasteiger partial charge in [-0.25, -0.2) is 0 Å². The summed E-state index contributed by atoms with van der Waals surface area (Å²) in [6, 6.07) is 24.1. The smallest absolute Gasteiger partial charge is 0.149 e. The number of anilines is 1. The van der Waals surface area contributed by atoms with Gasteiger partial charge in [0.15, 0.2) is 0 Å². The summed E-state index contributed by atoms with van der Waals surface area (Å²) in [5, 5.41) is 13.4. The van der Waals surface area contributed by atoms with E-state index in [0.717, 1.165) is 41.0 Å². The average molecular weight is 401 g/mol. The molecular formula is C26H28N2O2. The Hall–Kier alpha value is -3.24. The summed E-state index contributed by atoms with van der Waals surface area (Å²) in [7, 11) is 4.00. The second-order valence-corrected chi connectivity index (χ2v) is 7.89. The van der Waals surface area contributed by atoms with Crippen LogP contribution in [0.4, 0.5) is 5.69 Å². The Morgan fingerprint density at radius 3 is 2.20 bits per heavy atom. The molecule has 30 heavy (non-hydrogen) atoms. The van der Waals surface area contributed by atoms with Gasteiger partial charge in [0.1, 0.15) is 17.7 Å². The van der Waals surface area contributed by atoms with Gasteiger partial charge in [0.05, 0.1) is 0 Å². The van der Waals surface area contributed by atoms with Gasteiger partial charge in [-0.05, 0) is 80.9 Å². The molecule has 0 spiro atoms. The monoisotopic (exact) mass is 400 g/mol. The zero-order valence-corrected chi connectivity index (χ0v) is 17.7. The molecule has 0 saturated heterocycles. The highest BCUT2D eigenvalue weighted by molar-refractivity contribution is 5.85. The fourth-order valence-electron chi connectivity index (χ4n) is 3.68. The lowest BCUT2D eigenvalue weighted by Crippen LogP contribution is -2.30. The maximum Gasteiger partial charge on any atom is 0.149 e. The van der Waals surface area contributed by atoms with Gasteiger partial charge in [-0.15, -0.1) is 0 Å². The predicted octanol–water partition coefficient (Wildman–Crippen LogP) is 5.50. The third-order valence-corrected chi connectivity index (χ3v) is 5.58. The quantitative estimate of drug-likeness (QED) is 0.556. The van der Waals surface area contributed by atoms with Crippen molar-refractivity contribution in [3.05, 3.63) is 95.2 Å². The molecule has 0 aromatic heterocycles. The predicted molar refractivity (Wildman–Crippen MR) is 123 cm³/mol. The van der Waals surface area contributed by atoms with Crippen molar-refractivity contribution in [3.63, 3.8) is 0 Å². The van der Waals surface area contributed by atoms with E-state index in [1.807, 2.05) is 50.2 Å². The Bertz CT molecular complexity index is 1040. The highest BCUT2D eigenvalue weighted by Gasteiger charge is 2.18. The van der Waals surface area contributed by atoms with Crippen LogP contribution in [0.3, 0.4) is 0 Å². The van der Waals surface area contributed by atoms with Gasteiger partial charge < -0.3 is 15.2 Å². The first kappa shape index (κ1) is 20.0. The van der Waals surface area contributed by atoms with E-state index in [9.17, 15) is 5.11 Å². The summed E-state index contributed by atoms with van der Waals surface area (Å²) in [6.45, 7) is 2.03. The number of fused-ring (bicyclic) bond motifs is 1. The number of hydrogen-bond donors (Lipinski definition) is 2. The Kier molecular flexibility index (Phi) is 5.77. The lowest BCUT2D eigenvalue weighted by atomic mass is 9.91. The van der Waals surface area contributed by atoms with Crippen LogP contribution < -0.4 is 10.1 Å². The summed E-state index contributed by atoms with van der Waals surface area (Å²) in [5.41, 5.74) is 7.03. The van der Waals surface area contributed by atoms with Crippen LogP contribution >= 0.6 is 0 Å². The van der Waals surface area contributed by atoms with Gasteiger partial charge in [0.25, 0.3) is 0 Å². The van der Waals surface area contributed by atoms with Gasteiger partial charge >= 0.3 is 0 Å². The normalized spacial score (nSPS) is 15.9. The average Bonchev–Trinajstić information content (AvgIpc) is 2.76. The van der Waals surface area contributed by atoms with Crippen LogP contribution in [0.15, 0.2) is 78.5 Å². The van der Waals surface area contributed by atoms with E-state index in [2.05, 4.69) is 41.7 Å². The van der Waals surface area contributed by atoms with E-state index in [0.29, 0.717) is 0 Å². The summed E-state index contributed by atoms with van der Waals surface area (Å²) in [4.78, 5) is 2.03. The number of aryl methyl sites for hydroxylation is 1. The van der Waals surface area contributed by atoms with E-state index < -0.39 is 0 Å². The first-order chi connectivity index (χ1) is 14.5. The second-order valence-electron chi connectivity index (χ2n) is 7.89. The number of nitrogens with zero attached hydrogens (tertiary/aromatic N) is 1. The number of ether oxygens (including phenoxy) is 1. The summed E-state index contributed by atoms with van der Waals surface area (Å²) >= 11 is 0. The highest BCUT2D eigenvalue weighted by Crippen LogP contribution is 2.35. The number of phenols is 1. The fourth-order valence-corrected chi connectivity index (χ4v) is 3.68. The topological polar surface area (TPSA) is 44.7 Å². The molecule has 0 saturated carbocycles. The van der Waals surface area contributed by atoms with Crippen molar-refractivity contribution in [1.82, 2.24) is 4.90 Å². The van der Waals surface area contributed by atoms with Crippen LogP contribution in [0, 0.1) is 0 Å². The molecule has 0 radical (unpaired) electrons. The lowest BCUT2D eigenvalue weighted by molar-refractivity contribution is 0.0815. The van der Waals surface area contributed by atoms with E-state index in [-0.39, 0.29) is 12.0 Å². The Morgan fingerprint density at radius 1 is 0.900 bits per heavy atom. The second kappa shape index (κ2) is 8.64. The molecule has 0 bridgehead atoms. The van der Waals surface area contributed by atoms with E-state index in [1.165, 1.54) is 11.3 Å². The van der Waals surface area contributed by atoms with E-state index in [1.54, 1.807) is 12.1 Å². The summed E-state index contributed by atoms with van der Waals surface area (Å²) in [5.74, 6) is 1.11. The Balaban J connectivity index is 1.73. The third kappa shape index (κ3) is 4.34. The number of para-hydroxylation sites is 1. The number of nitrogens with one attached hydrogen (secondary N) is 1. The van der Waals surface area contributed by atoms with Crippen molar-refractivity contribution >= 4 is 11.3 Å². The fraction of sp³-hybridized carbons (Fsp3) is 0.231. The Labute approximate surface area is 178 Å². The summed E-state index contributed by atoms with van der Waals surface area (Å²) < 4.78 is 5.99. The number of benzene rings is 3. The van der Waals surface area contributed by atoms with Crippen LogP contribution in [0.2, 0.25) is 0 Å². The van der Waals surface area contributed by atoms with Crippen LogP contribution in [0.5, 0.6) is 11.5 Å². The highest BCUT2D eigenvalue weighted by atomic mass is 16.5. The molecule has 1 heterocycles. The van der Waals surface area contributed by atoms with Crippen molar-refractivity contribution in [2.24, 2.45) is 0 Å².